The van der Waals surface area contributed by atoms with Crippen LogP contribution in [0.5, 0.6) is 0 Å². The third-order valence-electron chi connectivity index (χ3n) is 8.82. The molecule has 2 N–H and O–H groups in total. The van der Waals surface area contributed by atoms with Crippen LogP contribution in [0, 0.1) is 31.4 Å². The summed E-state index contributed by atoms with van der Waals surface area (Å²) in [6.07, 6.45) is -9.73. The Bertz CT molecular complexity index is 1810. The first kappa shape index (κ1) is 38.5. The van der Waals surface area contributed by atoms with Crippen molar-refractivity contribution < 1.29 is 49.8 Å². The third-order valence-corrected chi connectivity index (χ3v) is 8.82. The van der Waals surface area contributed by atoms with Crippen molar-refractivity contribution in [2.24, 2.45) is 5.92 Å². The zero-order valence-electron chi connectivity index (χ0n) is 27.7. The van der Waals surface area contributed by atoms with E-state index in [0.717, 1.165) is 29.3 Å². The van der Waals surface area contributed by atoms with Crippen molar-refractivity contribution in [2.45, 2.75) is 77.8 Å². The number of hydrogen-bond donors (Lipinski definition) is 2. The van der Waals surface area contributed by atoms with Gasteiger partial charge in [0, 0.05) is 24.4 Å². The Hall–Kier alpha value is -4.27. The quantitative estimate of drug-likeness (QED) is 0.189. The Kier molecular flexibility index (Phi) is 11.5. The molecule has 0 aliphatic carbocycles. The fourth-order valence-electron chi connectivity index (χ4n) is 6.17. The van der Waals surface area contributed by atoms with Crippen molar-refractivity contribution in [3.8, 4) is 11.1 Å². The number of amides is 1. The number of carboxylic acids is 1. The minimum absolute atomic E-state index is 0.00287. The number of halogens is 8. The molecule has 2 atom stereocenters. The van der Waals surface area contributed by atoms with Gasteiger partial charge in [-0.05, 0) is 98.1 Å². The normalized spacial score (nSPS) is 15.1. The van der Waals surface area contributed by atoms with Gasteiger partial charge in [0.05, 0.1) is 23.6 Å². The summed E-state index contributed by atoms with van der Waals surface area (Å²) >= 11 is 0. The molecular weight excluding hydrogens is 678 g/mol. The highest BCUT2D eigenvalue weighted by atomic mass is 19.4. The predicted molar refractivity (Wildman–Crippen MR) is 168 cm³/mol. The van der Waals surface area contributed by atoms with Crippen LogP contribution in [0.4, 0.5) is 35.1 Å². The zero-order chi connectivity index (χ0) is 37.3. The number of carbonyl (C=O) groups is 2. The van der Waals surface area contributed by atoms with Crippen LogP contribution in [-0.4, -0.2) is 46.1 Å². The van der Waals surface area contributed by atoms with Gasteiger partial charge >= 0.3 is 18.3 Å². The highest BCUT2D eigenvalue weighted by Gasteiger charge is 2.39. The van der Waals surface area contributed by atoms with E-state index in [1.165, 1.54) is 19.9 Å². The Balaban J connectivity index is 1.85. The maximum atomic E-state index is 15.8. The van der Waals surface area contributed by atoms with Gasteiger partial charge in [0.25, 0.3) is 5.56 Å². The molecule has 2 aromatic carbocycles. The number of hydrogen-bond acceptors (Lipinski definition) is 4. The van der Waals surface area contributed by atoms with E-state index in [4.69, 9.17) is 0 Å². The number of aromatic nitrogens is 1. The molecule has 2 heterocycles. The third kappa shape index (κ3) is 8.71. The summed E-state index contributed by atoms with van der Waals surface area (Å²) in [6.45, 7) is 7.73. The number of carbonyl (C=O) groups excluding carboxylic acids is 1. The molecule has 0 saturated carbocycles. The van der Waals surface area contributed by atoms with Crippen molar-refractivity contribution in [3.63, 3.8) is 0 Å². The van der Waals surface area contributed by atoms with E-state index >= 15 is 4.39 Å². The standard InChI is InChI=1S/C35H37F8N3O4/c1-18(2)12-28(46-17-21(8-11-45-9-5-10-45)24(15-29(46)47)34(38,39)40)33(50)44-27(16-30(48)49)23-13-22(14-25(32(23)37)35(41,42)43)31-19(3)6-7-26(36)20(31)4/h6-7,13-15,17-18,27-28H,5,8-12,16H2,1-4H3,(H,44,50)(H,48,49). The number of aliphatic carboxylic acids is 1. The molecule has 0 bridgehead atoms. The van der Waals surface area contributed by atoms with Gasteiger partial charge in [0.15, 0.2) is 0 Å². The lowest BCUT2D eigenvalue weighted by atomic mass is 9.89. The lowest BCUT2D eigenvalue weighted by molar-refractivity contribution is -0.140. The number of nitrogens with one attached hydrogen (secondary N) is 1. The number of alkyl halides is 6. The molecule has 7 nitrogen and oxygen atoms in total. The van der Waals surface area contributed by atoms with Gasteiger partial charge in [-0.1, -0.05) is 19.9 Å². The molecule has 1 aromatic heterocycles. The Morgan fingerprint density at radius 3 is 2.14 bits per heavy atom. The molecule has 15 heteroatoms. The fraction of sp³-hybridized carbons (Fsp3) is 0.457. The number of benzene rings is 2. The smallest absolute Gasteiger partial charge is 0.419 e. The van der Waals surface area contributed by atoms with Crippen LogP contribution in [-0.2, 0) is 28.4 Å². The summed E-state index contributed by atoms with van der Waals surface area (Å²) in [4.78, 5) is 41.0. The average molecular weight is 716 g/mol. The fourth-order valence-corrected chi connectivity index (χ4v) is 6.17. The molecule has 4 rings (SSSR count). The number of pyridine rings is 1. The summed E-state index contributed by atoms with van der Waals surface area (Å²) in [5, 5.41) is 12.0. The van der Waals surface area contributed by atoms with Crippen molar-refractivity contribution in [2.75, 3.05) is 19.6 Å². The van der Waals surface area contributed by atoms with Crippen LogP contribution in [0.25, 0.3) is 11.1 Å². The molecule has 1 aliphatic heterocycles. The SMILES string of the molecule is Cc1ccc(F)c(C)c1-c1cc(C(CC(=O)O)NC(=O)C(CC(C)C)n2cc(CCN3CCC3)c(C(F)(F)F)cc2=O)c(F)c(C(F)(F)F)c1. The first-order valence-electron chi connectivity index (χ1n) is 15.9. The van der Waals surface area contributed by atoms with Gasteiger partial charge in [-0.3, -0.25) is 14.4 Å². The van der Waals surface area contributed by atoms with Crippen LogP contribution in [0.3, 0.4) is 0 Å². The van der Waals surface area contributed by atoms with Crippen LogP contribution >= 0.6 is 0 Å². The first-order valence-corrected chi connectivity index (χ1v) is 15.9. The van der Waals surface area contributed by atoms with Gasteiger partial charge < -0.3 is 19.9 Å². The minimum Gasteiger partial charge on any atom is -0.481 e. The van der Waals surface area contributed by atoms with Gasteiger partial charge in [-0.2, -0.15) is 26.3 Å². The van der Waals surface area contributed by atoms with E-state index in [1.54, 1.807) is 13.8 Å². The number of nitrogens with zero attached hydrogens (tertiary/aromatic N) is 2. The predicted octanol–water partition coefficient (Wildman–Crippen LogP) is 7.62. The Morgan fingerprint density at radius 2 is 1.60 bits per heavy atom. The Morgan fingerprint density at radius 1 is 0.960 bits per heavy atom. The molecule has 1 saturated heterocycles. The molecule has 50 heavy (non-hydrogen) atoms. The van der Waals surface area contributed by atoms with Crippen molar-refractivity contribution in [1.29, 1.82) is 0 Å². The molecule has 3 aromatic rings. The van der Waals surface area contributed by atoms with E-state index < -0.39 is 76.6 Å². The summed E-state index contributed by atoms with van der Waals surface area (Å²) in [5.74, 6) is -5.76. The van der Waals surface area contributed by atoms with E-state index in [-0.39, 0.29) is 47.6 Å². The highest BCUT2D eigenvalue weighted by Crippen LogP contribution is 2.40. The van der Waals surface area contributed by atoms with E-state index in [1.807, 2.05) is 4.90 Å². The van der Waals surface area contributed by atoms with E-state index in [0.29, 0.717) is 30.8 Å². The summed E-state index contributed by atoms with van der Waals surface area (Å²) in [7, 11) is 0. The largest absolute Gasteiger partial charge is 0.481 e. The second-order valence-electron chi connectivity index (χ2n) is 13.0. The van der Waals surface area contributed by atoms with Crippen LogP contribution < -0.4 is 10.9 Å². The molecule has 1 fully saturated rings. The summed E-state index contributed by atoms with van der Waals surface area (Å²) < 4.78 is 116. The molecular formula is C35H37F8N3O4. The number of rotatable bonds is 12. The number of likely N-dealkylation sites (tertiary alicyclic amines) is 1. The Labute approximate surface area is 282 Å². The zero-order valence-corrected chi connectivity index (χ0v) is 27.7. The van der Waals surface area contributed by atoms with Crippen molar-refractivity contribution >= 4 is 11.9 Å². The molecule has 272 valence electrons. The second-order valence-corrected chi connectivity index (χ2v) is 13.0. The summed E-state index contributed by atoms with van der Waals surface area (Å²) in [5.41, 5.74) is -5.31. The van der Waals surface area contributed by atoms with Crippen LogP contribution in [0.15, 0.2) is 41.3 Å². The highest BCUT2D eigenvalue weighted by molar-refractivity contribution is 5.82. The molecule has 0 spiro atoms. The lowest BCUT2D eigenvalue weighted by Gasteiger charge is -2.31. The van der Waals surface area contributed by atoms with E-state index in [9.17, 15) is 50.2 Å². The van der Waals surface area contributed by atoms with Crippen LogP contribution in [0.2, 0.25) is 0 Å². The minimum atomic E-state index is -5.29. The lowest BCUT2D eigenvalue weighted by Crippen LogP contribution is -2.41. The first-order chi connectivity index (χ1) is 23.2. The van der Waals surface area contributed by atoms with Crippen molar-refractivity contribution in [3.05, 3.63) is 91.9 Å². The van der Waals surface area contributed by atoms with Gasteiger partial charge in [-0.25, -0.2) is 8.78 Å². The second kappa shape index (κ2) is 14.9. The summed E-state index contributed by atoms with van der Waals surface area (Å²) in [6, 6.07) is 0.668. The number of aryl methyl sites for hydroxylation is 1. The van der Waals surface area contributed by atoms with Crippen LogP contribution in [0.1, 0.15) is 78.6 Å². The van der Waals surface area contributed by atoms with Gasteiger partial charge in [0.2, 0.25) is 5.91 Å². The van der Waals surface area contributed by atoms with Gasteiger partial charge in [0.1, 0.15) is 17.7 Å². The number of carboxylic acid groups (broad SMARTS) is 1. The molecule has 0 radical (unpaired) electrons. The maximum Gasteiger partial charge on any atom is 0.419 e. The topological polar surface area (TPSA) is 91.6 Å². The molecule has 1 amide bonds. The monoisotopic (exact) mass is 715 g/mol. The van der Waals surface area contributed by atoms with Crippen molar-refractivity contribution in [1.82, 2.24) is 14.8 Å². The van der Waals surface area contributed by atoms with E-state index in [2.05, 4.69) is 5.32 Å². The molecule has 1 aliphatic rings. The molecule has 2 unspecified atom stereocenters. The maximum absolute atomic E-state index is 15.8. The average Bonchev–Trinajstić information content (AvgIpc) is 2.96. The van der Waals surface area contributed by atoms with Gasteiger partial charge in [-0.15, -0.1) is 0 Å².